The number of nitrogens with two attached hydrogens (primary N) is 1. The standard InChI is InChI=1S/C13H18F2N2O.ClH/c1-7(2)12(16)13(18)17-8(3)11-9(14)5-4-6-10(11)15;/h4-8,12H,16H2,1-3H3,(H,17,18);1H/t8?,12-;/m0./s1. The topological polar surface area (TPSA) is 55.1 Å². The van der Waals surface area contributed by atoms with E-state index in [-0.39, 0.29) is 23.9 Å². The molecule has 0 spiro atoms. The zero-order chi connectivity index (χ0) is 13.9. The van der Waals surface area contributed by atoms with Crippen molar-refractivity contribution >= 4 is 18.3 Å². The van der Waals surface area contributed by atoms with Gasteiger partial charge in [-0.1, -0.05) is 19.9 Å². The van der Waals surface area contributed by atoms with Gasteiger partial charge < -0.3 is 11.1 Å². The number of carbonyl (C=O) groups is 1. The van der Waals surface area contributed by atoms with Crippen LogP contribution in [0.15, 0.2) is 18.2 Å². The highest BCUT2D eigenvalue weighted by Gasteiger charge is 2.22. The van der Waals surface area contributed by atoms with Gasteiger partial charge in [0.2, 0.25) is 5.91 Å². The van der Waals surface area contributed by atoms with Crippen molar-refractivity contribution < 1.29 is 13.6 Å². The van der Waals surface area contributed by atoms with Gasteiger partial charge in [0.25, 0.3) is 0 Å². The van der Waals surface area contributed by atoms with Gasteiger partial charge in [-0.3, -0.25) is 4.79 Å². The van der Waals surface area contributed by atoms with E-state index in [0.717, 1.165) is 12.1 Å². The van der Waals surface area contributed by atoms with Crippen LogP contribution in [0.3, 0.4) is 0 Å². The van der Waals surface area contributed by atoms with E-state index in [0.29, 0.717) is 0 Å². The van der Waals surface area contributed by atoms with E-state index < -0.39 is 29.6 Å². The molecule has 0 aliphatic rings. The Balaban J connectivity index is 0.00000324. The summed E-state index contributed by atoms with van der Waals surface area (Å²) in [6.45, 7) is 5.13. The van der Waals surface area contributed by atoms with Crippen molar-refractivity contribution in [1.29, 1.82) is 0 Å². The fourth-order valence-electron chi connectivity index (χ4n) is 1.61. The minimum Gasteiger partial charge on any atom is -0.348 e. The van der Waals surface area contributed by atoms with Crippen molar-refractivity contribution in [2.24, 2.45) is 11.7 Å². The summed E-state index contributed by atoms with van der Waals surface area (Å²) in [5.41, 5.74) is 5.51. The number of amides is 1. The summed E-state index contributed by atoms with van der Waals surface area (Å²) in [7, 11) is 0. The highest BCUT2D eigenvalue weighted by atomic mass is 35.5. The Hall–Kier alpha value is -1.20. The maximum Gasteiger partial charge on any atom is 0.237 e. The molecule has 1 amide bonds. The Labute approximate surface area is 118 Å². The molecule has 0 bridgehead atoms. The SMILES string of the molecule is CC(NC(=O)[C@@H](N)C(C)C)c1c(F)cccc1F.Cl. The molecule has 0 heterocycles. The number of carbonyl (C=O) groups excluding carboxylic acids is 1. The lowest BCUT2D eigenvalue weighted by molar-refractivity contribution is -0.123. The van der Waals surface area contributed by atoms with Crippen molar-refractivity contribution in [2.75, 3.05) is 0 Å². The van der Waals surface area contributed by atoms with Crippen LogP contribution in [-0.4, -0.2) is 11.9 Å². The van der Waals surface area contributed by atoms with E-state index in [9.17, 15) is 13.6 Å². The van der Waals surface area contributed by atoms with Gasteiger partial charge in [0.1, 0.15) is 11.6 Å². The normalized spacial score (nSPS) is 13.6. The van der Waals surface area contributed by atoms with Gasteiger partial charge in [-0.25, -0.2) is 8.78 Å². The van der Waals surface area contributed by atoms with Crippen LogP contribution in [0.5, 0.6) is 0 Å². The molecule has 0 saturated heterocycles. The van der Waals surface area contributed by atoms with Crippen molar-refractivity contribution in [3.63, 3.8) is 0 Å². The highest BCUT2D eigenvalue weighted by molar-refractivity contribution is 5.85. The molecular formula is C13H19ClF2N2O. The summed E-state index contributed by atoms with van der Waals surface area (Å²) < 4.78 is 27.0. The third-order valence-corrected chi connectivity index (χ3v) is 2.81. The summed E-state index contributed by atoms with van der Waals surface area (Å²) >= 11 is 0. The molecule has 0 aliphatic carbocycles. The third kappa shape index (κ3) is 4.44. The minimum atomic E-state index is -0.761. The Bertz CT molecular complexity index is 420. The minimum absolute atomic E-state index is 0. The lowest BCUT2D eigenvalue weighted by atomic mass is 10.0. The third-order valence-electron chi connectivity index (χ3n) is 2.81. The van der Waals surface area contributed by atoms with E-state index in [1.807, 2.05) is 0 Å². The zero-order valence-electron chi connectivity index (χ0n) is 11.1. The molecule has 0 saturated carbocycles. The van der Waals surface area contributed by atoms with Crippen LogP contribution in [0.4, 0.5) is 8.78 Å². The summed E-state index contributed by atoms with van der Waals surface area (Å²) in [5, 5.41) is 2.52. The summed E-state index contributed by atoms with van der Waals surface area (Å²) in [6.07, 6.45) is 0. The Kier molecular flexibility index (Phi) is 6.94. The molecule has 0 radical (unpaired) electrons. The second-order valence-electron chi connectivity index (χ2n) is 4.64. The monoisotopic (exact) mass is 292 g/mol. The first-order valence-corrected chi connectivity index (χ1v) is 5.84. The predicted molar refractivity (Wildman–Crippen MR) is 73.0 cm³/mol. The van der Waals surface area contributed by atoms with Crippen molar-refractivity contribution in [1.82, 2.24) is 5.32 Å². The Morgan fingerprint density at radius 2 is 1.68 bits per heavy atom. The molecule has 108 valence electrons. The molecule has 1 unspecified atom stereocenters. The molecule has 0 aromatic heterocycles. The summed E-state index contributed by atoms with van der Waals surface area (Å²) in [6, 6.07) is 2.14. The molecule has 1 rings (SSSR count). The largest absolute Gasteiger partial charge is 0.348 e. The average Bonchev–Trinajstić information content (AvgIpc) is 2.27. The molecule has 2 atom stereocenters. The number of nitrogens with one attached hydrogen (secondary N) is 1. The Morgan fingerprint density at radius 1 is 1.21 bits per heavy atom. The van der Waals surface area contributed by atoms with Gasteiger partial charge in [-0.15, -0.1) is 12.4 Å². The maximum absolute atomic E-state index is 13.5. The average molecular weight is 293 g/mol. The highest BCUT2D eigenvalue weighted by Crippen LogP contribution is 2.20. The molecule has 1 aromatic rings. The number of rotatable bonds is 4. The van der Waals surface area contributed by atoms with Crippen LogP contribution >= 0.6 is 12.4 Å². The van der Waals surface area contributed by atoms with E-state index in [1.165, 1.54) is 13.0 Å². The maximum atomic E-state index is 13.5. The van der Waals surface area contributed by atoms with Gasteiger partial charge >= 0.3 is 0 Å². The fourth-order valence-corrected chi connectivity index (χ4v) is 1.61. The molecule has 0 aliphatic heterocycles. The van der Waals surface area contributed by atoms with E-state index in [2.05, 4.69) is 5.32 Å². The van der Waals surface area contributed by atoms with Gasteiger partial charge in [0.15, 0.2) is 0 Å². The smallest absolute Gasteiger partial charge is 0.237 e. The molecule has 0 fully saturated rings. The van der Waals surface area contributed by atoms with Crippen LogP contribution in [0.25, 0.3) is 0 Å². The van der Waals surface area contributed by atoms with E-state index >= 15 is 0 Å². The lowest BCUT2D eigenvalue weighted by Gasteiger charge is -2.20. The second-order valence-corrected chi connectivity index (χ2v) is 4.64. The van der Waals surface area contributed by atoms with E-state index in [4.69, 9.17) is 5.73 Å². The van der Waals surface area contributed by atoms with Gasteiger partial charge in [0, 0.05) is 5.56 Å². The lowest BCUT2D eigenvalue weighted by Crippen LogP contribution is -2.44. The van der Waals surface area contributed by atoms with Crippen LogP contribution in [0.2, 0.25) is 0 Å². The summed E-state index contributed by atoms with van der Waals surface area (Å²) in [4.78, 5) is 11.7. The quantitative estimate of drug-likeness (QED) is 0.896. The van der Waals surface area contributed by atoms with Crippen LogP contribution in [0, 0.1) is 17.6 Å². The van der Waals surface area contributed by atoms with Crippen LogP contribution < -0.4 is 11.1 Å². The molecular weight excluding hydrogens is 274 g/mol. The van der Waals surface area contributed by atoms with Gasteiger partial charge in [-0.2, -0.15) is 0 Å². The molecule has 6 heteroatoms. The fraction of sp³-hybridized carbons (Fsp3) is 0.462. The van der Waals surface area contributed by atoms with Crippen LogP contribution in [0.1, 0.15) is 32.4 Å². The molecule has 19 heavy (non-hydrogen) atoms. The second kappa shape index (κ2) is 7.40. The van der Waals surface area contributed by atoms with Crippen LogP contribution in [-0.2, 0) is 4.79 Å². The van der Waals surface area contributed by atoms with Crippen molar-refractivity contribution in [3.8, 4) is 0 Å². The first-order valence-electron chi connectivity index (χ1n) is 5.84. The van der Waals surface area contributed by atoms with Crippen molar-refractivity contribution in [3.05, 3.63) is 35.4 Å². The van der Waals surface area contributed by atoms with Gasteiger partial charge in [0.05, 0.1) is 12.1 Å². The Morgan fingerprint density at radius 3 is 2.11 bits per heavy atom. The summed E-state index contributed by atoms with van der Waals surface area (Å²) in [5.74, 6) is -1.82. The first kappa shape index (κ1) is 17.8. The van der Waals surface area contributed by atoms with E-state index in [1.54, 1.807) is 13.8 Å². The molecule has 3 nitrogen and oxygen atoms in total. The number of hydrogen-bond acceptors (Lipinski definition) is 2. The molecule has 1 aromatic carbocycles. The first-order chi connectivity index (χ1) is 8.34. The number of halogens is 3. The predicted octanol–water partition coefficient (Wildman–Crippen LogP) is 2.55. The zero-order valence-corrected chi connectivity index (χ0v) is 11.9. The number of benzene rings is 1. The van der Waals surface area contributed by atoms with Crippen molar-refractivity contribution in [2.45, 2.75) is 32.9 Å². The van der Waals surface area contributed by atoms with Gasteiger partial charge in [-0.05, 0) is 25.0 Å². The molecule has 3 N–H and O–H groups in total. The number of hydrogen-bond donors (Lipinski definition) is 2.